The first-order valence-electron chi connectivity index (χ1n) is 6.77. The Bertz CT molecular complexity index is 402. The van der Waals surface area contributed by atoms with Gasteiger partial charge < -0.3 is 5.11 Å². The Morgan fingerprint density at radius 2 is 2.50 bits per heavy atom. The number of unbranched alkanes of at least 4 members (excludes halogenated alkanes) is 1. The number of rotatable bonds is 6. The van der Waals surface area contributed by atoms with Crippen molar-refractivity contribution in [2.75, 3.05) is 0 Å². The number of carbonyl (C=O) groups is 1. The van der Waals surface area contributed by atoms with Gasteiger partial charge in [0.05, 0.1) is 0 Å². The minimum absolute atomic E-state index is 0.234. The fraction of sp³-hybridized carbons (Fsp3) is 0.643. The molecule has 18 heavy (non-hydrogen) atoms. The van der Waals surface area contributed by atoms with Crippen LogP contribution in [0.3, 0.4) is 0 Å². The first kappa shape index (κ1) is 13.6. The maximum Gasteiger partial charge on any atom is 0.320 e. The van der Waals surface area contributed by atoms with Gasteiger partial charge in [0.15, 0.2) is 0 Å². The van der Waals surface area contributed by atoms with Crippen molar-refractivity contribution in [3.8, 4) is 0 Å². The molecule has 0 spiro atoms. The van der Waals surface area contributed by atoms with Gasteiger partial charge in [-0.05, 0) is 42.7 Å². The van der Waals surface area contributed by atoms with E-state index in [1.165, 1.54) is 10.4 Å². The number of carboxylic acid groups (broad SMARTS) is 1. The summed E-state index contributed by atoms with van der Waals surface area (Å²) < 4.78 is 0. The third kappa shape index (κ3) is 3.12. The van der Waals surface area contributed by atoms with Crippen LogP contribution in [0.25, 0.3) is 0 Å². The van der Waals surface area contributed by atoms with E-state index in [4.69, 9.17) is 0 Å². The zero-order valence-electron chi connectivity index (χ0n) is 10.8. The quantitative estimate of drug-likeness (QED) is 0.831. The first-order valence-corrected chi connectivity index (χ1v) is 7.65. The van der Waals surface area contributed by atoms with E-state index in [-0.39, 0.29) is 6.04 Å². The molecular formula is C14H21NO2S. The van der Waals surface area contributed by atoms with E-state index >= 15 is 0 Å². The molecule has 2 N–H and O–H groups in total. The molecule has 0 saturated heterocycles. The number of fused-ring (bicyclic) bond motifs is 1. The second-order valence-electron chi connectivity index (χ2n) is 4.94. The molecule has 100 valence electrons. The molecule has 0 radical (unpaired) electrons. The fourth-order valence-corrected chi connectivity index (χ4v) is 3.58. The van der Waals surface area contributed by atoms with Gasteiger partial charge in [0, 0.05) is 10.9 Å². The van der Waals surface area contributed by atoms with Crippen LogP contribution in [0.5, 0.6) is 0 Å². The SMILES string of the molecule is CCCCC(NC1CCCc2sccc21)C(=O)O. The van der Waals surface area contributed by atoms with Crippen molar-refractivity contribution in [3.05, 3.63) is 21.9 Å². The van der Waals surface area contributed by atoms with Gasteiger partial charge in [-0.2, -0.15) is 0 Å². The highest BCUT2D eigenvalue weighted by atomic mass is 32.1. The summed E-state index contributed by atoms with van der Waals surface area (Å²) in [6.45, 7) is 2.09. The summed E-state index contributed by atoms with van der Waals surface area (Å²) >= 11 is 1.80. The monoisotopic (exact) mass is 267 g/mol. The lowest BCUT2D eigenvalue weighted by Gasteiger charge is -2.27. The van der Waals surface area contributed by atoms with Crippen LogP contribution in [0.15, 0.2) is 11.4 Å². The maximum atomic E-state index is 11.3. The Kier molecular flexibility index (Phi) is 4.78. The van der Waals surface area contributed by atoms with Crippen LogP contribution in [0, 0.1) is 0 Å². The molecule has 0 aliphatic heterocycles. The van der Waals surface area contributed by atoms with Crippen LogP contribution < -0.4 is 5.32 Å². The van der Waals surface area contributed by atoms with E-state index in [9.17, 15) is 9.90 Å². The lowest BCUT2D eigenvalue weighted by molar-refractivity contribution is -0.140. The minimum Gasteiger partial charge on any atom is -0.480 e. The summed E-state index contributed by atoms with van der Waals surface area (Å²) in [6.07, 6.45) is 6.09. The molecule has 3 nitrogen and oxygen atoms in total. The molecule has 0 amide bonds. The Balaban J connectivity index is 2.02. The first-order chi connectivity index (χ1) is 8.72. The van der Waals surface area contributed by atoms with Gasteiger partial charge in [-0.15, -0.1) is 11.3 Å². The molecule has 1 heterocycles. The number of nitrogens with one attached hydrogen (secondary N) is 1. The number of carboxylic acids is 1. The molecule has 2 unspecified atom stereocenters. The summed E-state index contributed by atoms with van der Waals surface area (Å²) in [5, 5.41) is 14.7. The molecule has 1 aromatic heterocycles. The summed E-state index contributed by atoms with van der Waals surface area (Å²) in [5.41, 5.74) is 1.33. The zero-order chi connectivity index (χ0) is 13.0. The Hall–Kier alpha value is -0.870. The molecular weight excluding hydrogens is 246 g/mol. The molecule has 0 bridgehead atoms. The van der Waals surface area contributed by atoms with Gasteiger partial charge in [0.1, 0.15) is 6.04 Å². The highest BCUT2D eigenvalue weighted by molar-refractivity contribution is 7.10. The van der Waals surface area contributed by atoms with Crippen molar-refractivity contribution in [2.45, 2.75) is 57.5 Å². The highest BCUT2D eigenvalue weighted by Gasteiger charge is 2.26. The summed E-state index contributed by atoms with van der Waals surface area (Å²) in [7, 11) is 0. The molecule has 1 aliphatic rings. The predicted molar refractivity (Wildman–Crippen MR) is 74.1 cm³/mol. The Morgan fingerprint density at radius 1 is 1.67 bits per heavy atom. The third-order valence-corrected chi connectivity index (χ3v) is 4.60. The molecule has 2 rings (SSSR count). The topological polar surface area (TPSA) is 49.3 Å². The number of aryl methyl sites for hydroxylation is 1. The fourth-order valence-electron chi connectivity index (χ4n) is 2.59. The van der Waals surface area contributed by atoms with Crippen molar-refractivity contribution in [2.24, 2.45) is 0 Å². The smallest absolute Gasteiger partial charge is 0.320 e. The summed E-state index contributed by atoms with van der Waals surface area (Å²) in [5.74, 6) is -0.717. The lowest BCUT2D eigenvalue weighted by atomic mass is 9.93. The summed E-state index contributed by atoms with van der Waals surface area (Å²) in [4.78, 5) is 12.7. The maximum absolute atomic E-state index is 11.3. The standard InChI is InChI=1S/C14H21NO2S/c1-2-3-5-12(14(16)17)15-11-6-4-7-13-10(11)8-9-18-13/h8-9,11-12,15H,2-7H2,1H3,(H,16,17). The van der Waals surface area contributed by atoms with Crippen LogP contribution in [0.1, 0.15) is 55.5 Å². The Labute approximate surface area is 112 Å². The van der Waals surface area contributed by atoms with Crippen LogP contribution >= 0.6 is 11.3 Å². The van der Waals surface area contributed by atoms with E-state index in [0.29, 0.717) is 0 Å². The van der Waals surface area contributed by atoms with Gasteiger partial charge in [-0.3, -0.25) is 10.1 Å². The molecule has 0 aromatic carbocycles. The van der Waals surface area contributed by atoms with E-state index in [2.05, 4.69) is 23.7 Å². The van der Waals surface area contributed by atoms with Crippen LogP contribution in [0.2, 0.25) is 0 Å². The molecule has 1 aromatic rings. The van der Waals surface area contributed by atoms with E-state index in [1.807, 2.05) is 0 Å². The molecule has 2 atom stereocenters. The second-order valence-corrected chi connectivity index (χ2v) is 5.94. The second kappa shape index (κ2) is 6.34. The van der Waals surface area contributed by atoms with Gasteiger partial charge in [-0.25, -0.2) is 0 Å². The average molecular weight is 267 g/mol. The van der Waals surface area contributed by atoms with E-state index in [1.54, 1.807) is 11.3 Å². The number of hydrogen-bond donors (Lipinski definition) is 2. The van der Waals surface area contributed by atoms with Crippen LogP contribution in [-0.2, 0) is 11.2 Å². The number of thiophene rings is 1. The van der Waals surface area contributed by atoms with Crippen molar-refractivity contribution in [1.82, 2.24) is 5.32 Å². The summed E-state index contributed by atoms with van der Waals surface area (Å²) in [6, 6.07) is 1.98. The van der Waals surface area contributed by atoms with Gasteiger partial charge in [-0.1, -0.05) is 19.8 Å². The average Bonchev–Trinajstić information content (AvgIpc) is 2.83. The molecule has 1 aliphatic carbocycles. The van der Waals surface area contributed by atoms with Crippen molar-refractivity contribution >= 4 is 17.3 Å². The number of aliphatic carboxylic acids is 1. The molecule has 0 fully saturated rings. The minimum atomic E-state index is -0.717. The zero-order valence-corrected chi connectivity index (χ0v) is 11.6. The largest absolute Gasteiger partial charge is 0.480 e. The molecule has 0 saturated carbocycles. The van der Waals surface area contributed by atoms with Crippen LogP contribution in [-0.4, -0.2) is 17.1 Å². The Morgan fingerprint density at radius 3 is 3.22 bits per heavy atom. The van der Waals surface area contributed by atoms with Crippen LogP contribution in [0.4, 0.5) is 0 Å². The van der Waals surface area contributed by atoms with Crippen molar-refractivity contribution in [1.29, 1.82) is 0 Å². The highest BCUT2D eigenvalue weighted by Crippen LogP contribution is 2.33. The molecule has 4 heteroatoms. The number of hydrogen-bond acceptors (Lipinski definition) is 3. The predicted octanol–water partition coefficient (Wildman–Crippen LogP) is 3.36. The van der Waals surface area contributed by atoms with Crippen molar-refractivity contribution in [3.63, 3.8) is 0 Å². The van der Waals surface area contributed by atoms with Gasteiger partial charge in [0.25, 0.3) is 0 Å². The lowest BCUT2D eigenvalue weighted by Crippen LogP contribution is -2.40. The van der Waals surface area contributed by atoms with E-state index in [0.717, 1.165) is 38.5 Å². The van der Waals surface area contributed by atoms with Crippen molar-refractivity contribution < 1.29 is 9.90 Å². The van der Waals surface area contributed by atoms with Gasteiger partial charge >= 0.3 is 5.97 Å². The normalized spacial score (nSPS) is 20.4. The van der Waals surface area contributed by atoms with E-state index < -0.39 is 12.0 Å². The third-order valence-electron chi connectivity index (χ3n) is 3.60. The van der Waals surface area contributed by atoms with Gasteiger partial charge in [0.2, 0.25) is 0 Å².